The third-order valence-electron chi connectivity index (χ3n) is 6.05. The zero-order chi connectivity index (χ0) is 26.6. The van der Waals surface area contributed by atoms with Gasteiger partial charge in [0.1, 0.15) is 23.9 Å². The molecule has 7 nitrogen and oxygen atoms in total. The summed E-state index contributed by atoms with van der Waals surface area (Å²) < 4.78 is 67.4. The van der Waals surface area contributed by atoms with E-state index in [0.29, 0.717) is 29.7 Å². The SMILES string of the molecule is N[C@@H](Cc1ccc(-c2cc(OC(c3ccc(F)cc3OC3CCCC3)C(F)(F)F)ncn2)cc1)C(=O)O. The second-order valence-electron chi connectivity index (χ2n) is 8.83. The first-order valence-electron chi connectivity index (χ1n) is 11.7. The maximum Gasteiger partial charge on any atom is 0.429 e. The topological polar surface area (TPSA) is 108 Å². The Bertz CT molecular complexity index is 1230. The molecule has 3 aromatic rings. The van der Waals surface area contributed by atoms with Crippen molar-refractivity contribution in [1.29, 1.82) is 0 Å². The van der Waals surface area contributed by atoms with Gasteiger partial charge < -0.3 is 20.3 Å². The van der Waals surface area contributed by atoms with Crippen molar-refractivity contribution in [2.45, 2.75) is 56.5 Å². The van der Waals surface area contributed by atoms with Gasteiger partial charge in [-0.25, -0.2) is 14.4 Å². The van der Waals surface area contributed by atoms with Crippen LogP contribution in [0.5, 0.6) is 11.6 Å². The number of aromatic nitrogens is 2. The predicted octanol–water partition coefficient (Wildman–Crippen LogP) is 5.24. The molecule has 1 aliphatic carbocycles. The molecule has 0 bridgehead atoms. The van der Waals surface area contributed by atoms with Gasteiger partial charge in [0.25, 0.3) is 0 Å². The van der Waals surface area contributed by atoms with Crippen LogP contribution < -0.4 is 15.2 Å². The summed E-state index contributed by atoms with van der Waals surface area (Å²) in [4.78, 5) is 18.9. The van der Waals surface area contributed by atoms with Crippen LogP contribution in [0.25, 0.3) is 11.3 Å². The fraction of sp³-hybridized carbons (Fsp3) is 0.346. The first kappa shape index (κ1) is 26.3. The number of ether oxygens (including phenoxy) is 2. The monoisotopic (exact) mass is 519 g/mol. The number of halogens is 4. The molecule has 196 valence electrons. The zero-order valence-corrected chi connectivity index (χ0v) is 19.6. The lowest BCUT2D eigenvalue weighted by Crippen LogP contribution is -2.32. The number of carboxylic acids is 1. The first-order valence-corrected chi connectivity index (χ1v) is 11.7. The minimum atomic E-state index is -4.85. The van der Waals surface area contributed by atoms with Crippen LogP contribution in [-0.2, 0) is 11.2 Å². The molecule has 0 radical (unpaired) electrons. The van der Waals surface area contributed by atoms with Crippen molar-refractivity contribution in [3.63, 3.8) is 0 Å². The van der Waals surface area contributed by atoms with Crippen LogP contribution in [0, 0.1) is 5.82 Å². The van der Waals surface area contributed by atoms with Crippen molar-refractivity contribution in [3.8, 4) is 22.9 Å². The normalized spacial score (nSPS) is 15.8. The van der Waals surface area contributed by atoms with Crippen LogP contribution in [0.15, 0.2) is 54.9 Å². The highest BCUT2D eigenvalue weighted by molar-refractivity contribution is 5.73. The molecule has 1 saturated carbocycles. The van der Waals surface area contributed by atoms with E-state index in [1.165, 1.54) is 6.07 Å². The largest absolute Gasteiger partial charge is 0.490 e. The lowest BCUT2D eigenvalue weighted by atomic mass is 10.0. The van der Waals surface area contributed by atoms with E-state index in [1.807, 2.05) is 0 Å². The predicted molar refractivity (Wildman–Crippen MR) is 125 cm³/mol. The standard InChI is InChI=1S/C26H25F4N3O4/c27-17-9-10-19(22(12-17)36-18-3-1-2-4-18)24(26(28,29)30)37-23-13-21(32-14-33-23)16-7-5-15(6-8-16)11-20(31)25(34)35/h5-10,12-14,18,20,24H,1-4,11,31H2,(H,34,35)/t20-,24?/m0/s1. The van der Waals surface area contributed by atoms with Gasteiger partial charge in [-0.15, -0.1) is 0 Å². The van der Waals surface area contributed by atoms with Crippen molar-refractivity contribution < 1.29 is 36.9 Å². The Morgan fingerprint density at radius 2 is 1.78 bits per heavy atom. The smallest absolute Gasteiger partial charge is 0.429 e. The van der Waals surface area contributed by atoms with Gasteiger partial charge in [0.2, 0.25) is 12.0 Å². The summed E-state index contributed by atoms with van der Waals surface area (Å²) in [5.74, 6) is -2.38. The van der Waals surface area contributed by atoms with Crippen LogP contribution in [0.3, 0.4) is 0 Å². The number of benzene rings is 2. The van der Waals surface area contributed by atoms with Gasteiger partial charge in [-0.3, -0.25) is 4.79 Å². The second kappa shape index (κ2) is 11.1. The summed E-state index contributed by atoms with van der Waals surface area (Å²) in [7, 11) is 0. The number of alkyl halides is 3. The third-order valence-corrected chi connectivity index (χ3v) is 6.05. The van der Waals surface area contributed by atoms with Crippen molar-refractivity contribution in [1.82, 2.24) is 9.97 Å². The van der Waals surface area contributed by atoms with Crippen molar-refractivity contribution >= 4 is 5.97 Å². The van der Waals surface area contributed by atoms with E-state index < -0.39 is 30.1 Å². The van der Waals surface area contributed by atoms with Crippen molar-refractivity contribution in [2.75, 3.05) is 0 Å². The highest BCUT2D eigenvalue weighted by Crippen LogP contribution is 2.41. The summed E-state index contributed by atoms with van der Waals surface area (Å²) >= 11 is 0. The summed E-state index contributed by atoms with van der Waals surface area (Å²) in [6.07, 6.45) is -3.23. The summed E-state index contributed by atoms with van der Waals surface area (Å²) in [5, 5.41) is 8.96. The lowest BCUT2D eigenvalue weighted by Gasteiger charge is -2.25. The van der Waals surface area contributed by atoms with Gasteiger partial charge in [-0.1, -0.05) is 24.3 Å². The molecule has 1 unspecified atom stereocenters. The molecule has 0 amide bonds. The van der Waals surface area contributed by atoms with E-state index in [1.54, 1.807) is 24.3 Å². The van der Waals surface area contributed by atoms with Crippen LogP contribution in [0.1, 0.15) is 42.9 Å². The summed E-state index contributed by atoms with van der Waals surface area (Å²) in [6, 6.07) is 9.70. The lowest BCUT2D eigenvalue weighted by molar-refractivity contribution is -0.199. The molecule has 11 heteroatoms. The van der Waals surface area contributed by atoms with Crippen molar-refractivity contribution in [3.05, 3.63) is 71.8 Å². The fourth-order valence-electron chi connectivity index (χ4n) is 4.15. The van der Waals surface area contributed by atoms with Crippen LogP contribution in [0.4, 0.5) is 17.6 Å². The fourth-order valence-corrected chi connectivity index (χ4v) is 4.15. The molecule has 0 saturated heterocycles. The Kier molecular flexibility index (Phi) is 7.91. The number of hydrogen-bond donors (Lipinski definition) is 2. The number of nitrogens with zero attached hydrogens (tertiary/aromatic N) is 2. The maximum atomic E-state index is 14.1. The van der Waals surface area contributed by atoms with Crippen molar-refractivity contribution in [2.24, 2.45) is 5.73 Å². The van der Waals surface area contributed by atoms with Gasteiger partial charge >= 0.3 is 12.1 Å². The first-order chi connectivity index (χ1) is 17.6. The Hall–Kier alpha value is -3.73. The molecule has 0 spiro atoms. The average molecular weight is 519 g/mol. The Morgan fingerprint density at radius 3 is 2.43 bits per heavy atom. The molecule has 3 N–H and O–H groups in total. The molecule has 4 rings (SSSR count). The van der Waals surface area contributed by atoms with E-state index in [9.17, 15) is 22.4 Å². The molecule has 1 aromatic heterocycles. The molecule has 0 aliphatic heterocycles. The van der Waals surface area contributed by atoms with E-state index >= 15 is 0 Å². The Balaban J connectivity index is 1.58. The molecule has 2 atom stereocenters. The van der Waals surface area contributed by atoms with E-state index in [0.717, 1.165) is 37.4 Å². The molecule has 1 fully saturated rings. The van der Waals surface area contributed by atoms with Gasteiger partial charge in [-0.2, -0.15) is 13.2 Å². The number of nitrogens with two attached hydrogens (primary N) is 1. The third kappa shape index (κ3) is 6.73. The van der Waals surface area contributed by atoms with Crippen LogP contribution >= 0.6 is 0 Å². The Morgan fingerprint density at radius 1 is 1.08 bits per heavy atom. The quantitative estimate of drug-likeness (QED) is 0.372. The molecule has 2 aromatic carbocycles. The highest BCUT2D eigenvalue weighted by atomic mass is 19.4. The Labute approximate surface area is 210 Å². The molecule has 1 aliphatic rings. The number of hydrogen-bond acceptors (Lipinski definition) is 6. The van der Waals surface area contributed by atoms with Gasteiger partial charge in [0.05, 0.1) is 11.8 Å². The average Bonchev–Trinajstić information content (AvgIpc) is 3.36. The molecular weight excluding hydrogens is 494 g/mol. The zero-order valence-electron chi connectivity index (χ0n) is 19.6. The molecule has 37 heavy (non-hydrogen) atoms. The highest BCUT2D eigenvalue weighted by Gasteiger charge is 2.45. The summed E-state index contributed by atoms with van der Waals surface area (Å²) in [5.41, 5.74) is 6.72. The minimum Gasteiger partial charge on any atom is -0.490 e. The number of carboxylic acid groups (broad SMARTS) is 1. The number of rotatable bonds is 9. The van der Waals surface area contributed by atoms with Gasteiger partial charge in [0, 0.05) is 23.3 Å². The summed E-state index contributed by atoms with van der Waals surface area (Å²) in [6.45, 7) is 0. The van der Waals surface area contributed by atoms with Crippen LogP contribution in [-0.4, -0.2) is 39.4 Å². The van der Waals surface area contributed by atoms with E-state index in [-0.39, 0.29) is 29.7 Å². The molecular formula is C26H25F4N3O4. The maximum absolute atomic E-state index is 14.1. The molecule has 1 heterocycles. The minimum absolute atomic E-state index is 0.115. The van der Waals surface area contributed by atoms with Gasteiger partial charge in [0.15, 0.2) is 0 Å². The number of aliphatic carboxylic acids is 1. The van der Waals surface area contributed by atoms with E-state index in [2.05, 4.69) is 9.97 Å². The van der Waals surface area contributed by atoms with Gasteiger partial charge in [-0.05, 0) is 49.8 Å². The van der Waals surface area contributed by atoms with E-state index in [4.69, 9.17) is 20.3 Å². The second-order valence-corrected chi connectivity index (χ2v) is 8.83. The number of carbonyl (C=O) groups is 1. The van der Waals surface area contributed by atoms with Crippen LogP contribution in [0.2, 0.25) is 0 Å².